The number of unbranched alkanes of at least 4 members (excludes halogenated alkanes) is 11. The molecule has 2 rings (SSSR count). The van der Waals surface area contributed by atoms with Gasteiger partial charge in [-0.3, -0.25) is 0 Å². The van der Waals surface area contributed by atoms with E-state index in [1.807, 2.05) is 0 Å². The average Bonchev–Trinajstić information content (AvgIpc) is 3.34. The summed E-state index contributed by atoms with van der Waals surface area (Å²) in [6, 6.07) is 4.79. The minimum Gasteiger partial charge on any atom is -0.0706 e. The lowest BCUT2D eigenvalue weighted by molar-refractivity contribution is 0.541. The highest BCUT2D eigenvalue weighted by molar-refractivity contribution is 7.73. The second-order valence-electron chi connectivity index (χ2n) is 8.73. The first-order chi connectivity index (χ1) is 12.6. The van der Waals surface area contributed by atoms with E-state index in [2.05, 4.69) is 39.8 Å². The monoisotopic (exact) mass is 374 g/mol. The Balaban J connectivity index is 1.46. The summed E-state index contributed by atoms with van der Waals surface area (Å²) in [4.78, 5) is 0. The Hall–Kier alpha value is -0.350. The van der Waals surface area contributed by atoms with E-state index in [1.165, 1.54) is 95.2 Å². The second kappa shape index (κ2) is 12.2. The van der Waals surface area contributed by atoms with E-state index in [0.29, 0.717) is 0 Å². The molecular weight excluding hydrogens is 331 g/mol. The molecule has 1 heteroatoms. The summed E-state index contributed by atoms with van der Waals surface area (Å²) < 4.78 is 0. The van der Waals surface area contributed by atoms with Crippen molar-refractivity contribution in [2.24, 2.45) is 0 Å². The molecule has 1 aliphatic rings. The summed E-state index contributed by atoms with van der Waals surface area (Å²) in [5.41, 5.74) is 5.60. The Bertz CT molecular complexity index is 496. The lowest BCUT2D eigenvalue weighted by Crippen LogP contribution is -2.07. The van der Waals surface area contributed by atoms with Crippen molar-refractivity contribution in [3.05, 3.63) is 28.8 Å². The van der Waals surface area contributed by atoms with Gasteiger partial charge in [-0.15, -0.1) is 0 Å². The van der Waals surface area contributed by atoms with Crippen LogP contribution in [-0.2, 0) is 0 Å². The van der Waals surface area contributed by atoms with Gasteiger partial charge in [0.25, 0.3) is 0 Å². The van der Waals surface area contributed by atoms with Crippen LogP contribution in [0, 0.1) is 20.8 Å². The van der Waals surface area contributed by atoms with Gasteiger partial charge in [0.1, 0.15) is 0 Å². The third kappa shape index (κ3) is 7.72. The molecular formula is C25H43P. The summed E-state index contributed by atoms with van der Waals surface area (Å²) in [5, 5.41) is 1.74. The van der Waals surface area contributed by atoms with Gasteiger partial charge < -0.3 is 0 Å². The molecule has 148 valence electrons. The molecule has 0 saturated carbocycles. The first-order valence-corrected chi connectivity index (χ1v) is 13.1. The zero-order chi connectivity index (χ0) is 18.8. The van der Waals surface area contributed by atoms with E-state index in [4.69, 9.17) is 0 Å². The summed E-state index contributed by atoms with van der Waals surface area (Å²) in [6.45, 7) is 9.19. The molecule has 1 aromatic carbocycles. The smallest absolute Gasteiger partial charge is 0.0126 e. The predicted octanol–water partition coefficient (Wildman–Crippen LogP) is 8.19. The molecule has 1 aromatic rings. The highest BCUT2D eigenvalue weighted by Gasteiger charge is 2.38. The molecule has 0 N–H and O–H groups in total. The maximum absolute atomic E-state index is 2.39. The van der Waals surface area contributed by atoms with Gasteiger partial charge in [0.05, 0.1) is 0 Å². The fourth-order valence-electron chi connectivity index (χ4n) is 4.55. The van der Waals surface area contributed by atoms with Crippen LogP contribution in [0.15, 0.2) is 12.1 Å². The molecule has 0 amide bonds. The molecule has 2 atom stereocenters. The molecule has 0 nitrogen and oxygen atoms in total. The summed E-state index contributed by atoms with van der Waals surface area (Å²) in [6.07, 6.45) is 20.6. The molecule has 1 aliphatic heterocycles. The molecule has 0 radical (unpaired) electrons. The van der Waals surface area contributed by atoms with Gasteiger partial charge in [-0.05, 0) is 55.4 Å². The standard InChI is InChI=1S/C25H43P/c1-5-6-7-8-9-10-11-12-13-14-15-16-17-24-20-26(24)25-22(3)18-21(2)19-23(25)4/h18-19,24H,5-17,20H2,1-4H3/t24-,26+/m0/s1. The van der Waals surface area contributed by atoms with Crippen molar-refractivity contribution >= 4 is 13.2 Å². The van der Waals surface area contributed by atoms with E-state index < -0.39 is 0 Å². The van der Waals surface area contributed by atoms with Crippen LogP contribution < -0.4 is 5.30 Å². The normalized spacial score (nSPS) is 19.1. The quantitative estimate of drug-likeness (QED) is 0.227. The van der Waals surface area contributed by atoms with Crippen LogP contribution >= 0.6 is 7.92 Å². The van der Waals surface area contributed by atoms with Crippen LogP contribution in [0.2, 0.25) is 0 Å². The van der Waals surface area contributed by atoms with Crippen LogP contribution in [-0.4, -0.2) is 11.8 Å². The Labute approximate surface area is 165 Å². The molecule has 0 spiro atoms. The van der Waals surface area contributed by atoms with Gasteiger partial charge in [0, 0.05) is 0 Å². The molecule has 0 aromatic heterocycles. The molecule has 1 saturated heterocycles. The summed E-state index contributed by atoms with van der Waals surface area (Å²) >= 11 is 0. The summed E-state index contributed by atoms with van der Waals surface area (Å²) in [5.74, 6) is 0. The number of benzene rings is 1. The Morgan fingerprint density at radius 3 is 1.69 bits per heavy atom. The maximum Gasteiger partial charge on any atom is -0.0126 e. The number of aryl methyl sites for hydroxylation is 3. The van der Waals surface area contributed by atoms with Crippen molar-refractivity contribution in [2.75, 3.05) is 6.16 Å². The Morgan fingerprint density at radius 1 is 0.731 bits per heavy atom. The number of hydrogen-bond acceptors (Lipinski definition) is 0. The van der Waals surface area contributed by atoms with Crippen molar-refractivity contribution in [2.45, 2.75) is 117 Å². The van der Waals surface area contributed by atoms with E-state index in [-0.39, 0.29) is 7.92 Å². The first kappa shape index (κ1) is 21.9. The highest BCUT2D eigenvalue weighted by Crippen LogP contribution is 2.60. The molecule has 1 heterocycles. The third-order valence-electron chi connectivity index (χ3n) is 6.03. The number of hydrogen-bond donors (Lipinski definition) is 0. The predicted molar refractivity (Wildman–Crippen MR) is 122 cm³/mol. The maximum atomic E-state index is 2.39. The fourth-order valence-corrected chi connectivity index (χ4v) is 7.41. The highest BCUT2D eigenvalue weighted by atomic mass is 31.1. The lowest BCUT2D eigenvalue weighted by atomic mass is 10.0. The van der Waals surface area contributed by atoms with Crippen LogP contribution in [0.1, 0.15) is 107 Å². The van der Waals surface area contributed by atoms with E-state index in [9.17, 15) is 0 Å². The molecule has 0 bridgehead atoms. The van der Waals surface area contributed by atoms with Crippen molar-refractivity contribution in [1.82, 2.24) is 0 Å². The van der Waals surface area contributed by atoms with Gasteiger partial charge in [-0.25, -0.2) is 0 Å². The van der Waals surface area contributed by atoms with Crippen molar-refractivity contribution < 1.29 is 0 Å². The minimum absolute atomic E-state index is 0.198. The van der Waals surface area contributed by atoms with Crippen LogP contribution in [0.5, 0.6) is 0 Å². The van der Waals surface area contributed by atoms with Gasteiger partial charge in [-0.2, -0.15) is 0 Å². The van der Waals surface area contributed by atoms with Gasteiger partial charge >= 0.3 is 0 Å². The topological polar surface area (TPSA) is 0 Å². The number of rotatable bonds is 14. The van der Waals surface area contributed by atoms with Crippen molar-refractivity contribution in [1.29, 1.82) is 0 Å². The molecule has 26 heavy (non-hydrogen) atoms. The van der Waals surface area contributed by atoms with E-state index >= 15 is 0 Å². The zero-order valence-corrected chi connectivity index (χ0v) is 19.0. The van der Waals surface area contributed by atoms with E-state index in [0.717, 1.165) is 5.66 Å². The average molecular weight is 375 g/mol. The van der Waals surface area contributed by atoms with Gasteiger partial charge in [-0.1, -0.05) is 110 Å². The Morgan fingerprint density at radius 2 is 1.19 bits per heavy atom. The second-order valence-corrected chi connectivity index (χ2v) is 11.2. The van der Waals surface area contributed by atoms with Gasteiger partial charge in [0.2, 0.25) is 0 Å². The van der Waals surface area contributed by atoms with Crippen LogP contribution in [0.25, 0.3) is 0 Å². The Kier molecular flexibility index (Phi) is 10.3. The van der Waals surface area contributed by atoms with E-state index in [1.54, 1.807) is 16.4 Å². The molecule has 0 unspecified atom stereocenters. The largest absolute Gasteiger partial charge is 0.0706 e. The first-order valence-electron chi connectivity index (χ1n) is 11.5. The lowest BCUT2D eigenvalue weighted by Gasteiger charge is -2.11. The third-order valence-corrected chi connectivity index (χ3v) is 9.00. The van der Waals surface area contributed by atoms with Crippen LogP contribution in [0.3, 0.4) is 0 Å². The van der Waals surface area contributed by atoms with Crippen molar-refractivity contribution in [3.63, 3.8) is 0 Å². The fraction of sp³-hybridized carbons (Fsp3) is 0.760. The molecule has 1 fully saturated rings. The SMILES string of the molecule is CCCCCCCCCCCCCC[C@H]1C[P@@]1c1c(C)cc(C)cc1C. The van der Waals surface area contributed by atoms with Crippen molar-refractivity contribution in [3.8, 4) is 0 Å². The molecule has 0 aliphatic carbocycles. The summed E-state index contributed by atoms with van der Waals surface area (Å²) in [7, 11) is 0.198. The minimum atomic E-state index is 0.198. The van der Waals surface area contributed by atoms with Gasteiger partial charge in [0.15, 0.2) is 0 Å². The van der Waals surface area contributed by atoms with Crippen LogP contribution in [0.4, 0.5) is 0 Å². The zero-order valence-electron chi connectivity index (χ0n) is 18.1.